The van der Waals surface area contributed by atoms with E-state index in [4.69, 9.17) is 4.42 Å². The Kier molecular flexibility index (Phi) is 7.37. The maximum Gasteiger partial charge on any atom is 0.291 e. The summed E-state index contributed by atoms with van der Waals surface area (Å²) < 4.78 is 5.04. The topological polar surface area (TPSA) is 100 Å². The van der Waals surface area contributed by atoms with Gasteiger partial charge in [0.25, 0.3) is 5.91 Å². The van der Waals surface area contributed by atoms with Crippen LogP contribution in [0, 0.1) is 5.41 Å². The number of carbonyl (C=O) groups is 3. The maximum atomic E-state index is 11.9. The minimum atomic E-state index is -0.425. The predicted octanol–water partition coefficient (Wildman–Crippen LogP) is 3.09. The number of hydrogen-bond donors (Lipinski definition) is 3. The second-order valence-electron chi connectivity index (χ2n) is 7.51. The highest BCUT2D eigenvalue weighted by Crippen LogP contribution is 2.13. The van der Waals surface area contributed by atoms with Gasteiger partial charge in [0.1, 0.15) is 0 Å². The molecule has 7 heteroatoms. The summed E-state index contributed by atoms with van der Waals surface area (Å²) in [6.07, 6.45) is 2.38. The molecule has 0 fully saturated rings. The van der Waals surface area contributed by atoms with Crippen LogP contribution in [0.5, 0.6) is 0 Å². The second kappa shape index (κ2) is 9.73. The van der Waals surface area contributed by atoms with Crippen molar-refractivity contribution in [2.45, 2.75) is 40.2 Å². The van der Waals surface area contributed by atoms with Gasteiger partial charge in [0.15, 0.2) is 5.76 Å². The normalized spacial score (nSPS) is 11.0. The van der Waals surface area contributed by atoms with Crippen molar-refractivity contribution < 1.29 is 18.8 Å². The fraction of sp³-hybridized carbons (Fsp3) is 0.381. The molecular weight excluding hydrogens is 358 g/mol. The van der Waals surface area contributed by atoms with Crippen molar-refractivity contribution in [2.75, 3.05) is 11.9 Å². The first kappa shape index (κ1) is 21.2. The van der Waals surface area contributed by atoms with Crippen molar-refractivity contribution in [2.24, 2.45) is 5.41 Å². The van der Waals surface area contributed by atoms with E-state index in [0.717, 1.165) is 5.56 Å². The number of anilines is 1. The number of carbonyl (C=O) groups excluding carboxylic acids is 3. The Morgan fingerprint density at radius 2 is 1.71 bits per heavy atom. The number of furan rings is 1. The number of benzene rings is 1. The van der Waals surface area contributed by atoms with Crippen LogP contribution in [0.2, 0.25) is 0 Å². The van der Waals surface area contributed by atoms with E-state index in [0.29, 0.717) is 31.6 Å². The molecule has 3 N–H and O–H groups in total. The SMILES string of the molecule is CC(C)(C)C(=O)NCCCC(=O)NCc1ccc(NC(=O)c2ccco2)cc1. The molecule has 0 bridgehead atoms. The molecule has 0 aliphatic heterocycles. The van der Waals surface area contributed by atoms with Crippen molar-refractivity contribution in [3.63, 3.8) is 0 Å². The zero-order valence-electron chi connectivity index (χ0n) is 16.5. The monoisotopic (exact) mass is 385 g/mol. The van der Waals surface area contributed by atoms with E-state index >= 15 is 0 Å². The quantitative estimate of drug-likeness (QED) is 0.608. The summed E-state index contributed by atoms with van der Waals surface area (Å²) in [5, 5.41) is 8.41. The summed E-state index contributed by atoms with van der Waals surface area (Å²) in [6, 6.07) is 10.4. The van der Waals surface area contributed by atoms with Crippen LogP contribution in [0.25, 0.3) is 0 Å². The van der Waals surface area contributed by atoms with Gasteiger partial charge in [0.05, 0.1) is 6.26 Å². The van der Waals surface area contributed by atoms with Crippen molar-refractivity contribution >= 4 is 23.4 Å². The summed E-state index contributed by atoms with van der Waals surface area (Å²) in [7, 11) is 0. The Morgan fingerprint density at radius 1 is 1.00 bits per heavy atom. The fourth-order valence-electron chi connectivity index (χ4n) is 2.31. The van der Waals surface area contributed by atoms with E-state index in [1.807, 2.05) is 32.9 Å². The molecule has 0 spiro atoms. The van der Waals surface area contributed by atoms with Crippen molar-refractivity contribution in [1.82, 2.24) is 10.6 Å². The molecular formula is C21H27N3O4. The number of rotatable bonds is 8. The Hall–Kier alpha value is -3.09. The van der Waals surface area contributed by atoms with Gasteiger partial charge in [-0.15, -0.1) is 0 Å². The van der Waals surface area contributed by atoms with E-state index in [2.05, 4.69) is 16.0 Å². The first-order valence-electron chi connectivity index (χ1n) is 9.24. The molecule has 0 unspecified atom stereocenters. The molecule has 150 valence electrons. The Balaban J connectivity index is 1.67. The lowest BCUT2D eigenvalue weighted by atomic mass is 9.96. The van der Waals surface area contributed by atoms with Crippen LogP contribution in [0.3, 0.4) is 0 Å². The summed E-state index contributed by atoms with van der Waals surface area (Å²) >= 11 is 0. The van der Waals surface area contributed by atoms with Gasteiger partial charge in [-0.25, -0.2) is 0 Å². The molecule has 28 heavy (non-hydrogen) atoms. The van der Waals surface area contributed by atoms with Gasteiger partial charge in [-0.2, -0.15) is 0 Å². The lowest BCUT2D eigenvalue weighted by Crippen LogP contribution is -2.35. The van der Waals surface area contributed by atoms with Gasteiger partial charge in [0.2, 0.25) is 11.8 Å². The molecule has 3 amide bonds. The van der Waals surface area contributed by atoms with Crippen LogP contribution in [0.1, 0.15) is 49.7 Å². The van der Waals surface area contributed by atoms with E-state index in [-0.39, 0.29) is 23.5 Å². The molecule has 7 nitrogen and oxygen atoms in total. The number of hydrogen-bond acceptors (Lipinski definition) is 4. The summed E-state index contributed by atoms with van der Waals surface area (Å²) in [4.78, 5) is 35.6. The van der Waals surface area contributed by atoms with Gasteiger partial charge in [-0.1, -0.05) is 32.9 Å². The Bertz CT molecular complexity index is 790. The third-order valence-electron chi connectivity index (χ3n) is 3.99. The van der Waals surface area contributed by atoms with Gasteiger partial charge >= 0.3 is 0 Å². The number of nitrogens with one attached hydrogen (secondary N) is 3. The molecule has 1 heterocycles. The molecule has 0 atom stereocenters. The Morgan fingerprint density at radius 3 is 2.32 bits per heavy atom. The highest BCUT2D eigenvalue weighted by atomic mass is 16.3. The predicted molar refractivity (Wildman–Crippen MR) is 107 cm³/mol. The minimum Gasteiger partial charge on any atom is -0.459 e. The van der Waals surface area contributed by atoms with E-state index in [1.54, 1.807) is 24.3 Å². The molecule has 1 aromatic heterocycles. The van der Waals surface area contributed by atoms with Gasteiger partial charge < -0.3 is 20.4 Å². The Labute approximate surface area is 164 Å². The summed E-state index contributed by atoms with van der Waals surface area (Å²) in [6.45, 7) is 6.43. The van der Waals surface area contributed by atoms with Crippen molar-refractivity contribution in [3.05, 3.63) is 54.0 Å². The highest BCUT2D eigenvalue weighted by Gasteiger charge is 2.20. The van der Waals surface area contributed by atoms with E-state index in [1.165, 1.54) is 6.26 Å². The minimum absolute atomic E-state index is 0.0212. The molecule has 0 aliphatic carbocycles. The largest absolute Gasteiger partial charge is 0.459 e. The fourth-order valence-corrected chi connectivity index (χ4v) is 2.31. The molecule has 0 radical (unpaired) electrons. The lowest BCUT2D eigenvalue weighted by molar-refractivity contribution is -0.128. The zero-order valence-corrected chi connectivity index (χ0v) is 16.5. The smallest absolute Gasteiger partial charge is 0.291 e. The third-order valence-corrected chi connectivity index (χ3v) is 3.99. The molecule has 1 aromatic carbocycles. The van der Waals surface area contributed by atoms with Crippen molar-refractivity contribution in [3.8, 4) is 0 Å². The van der Waals surface area contributed by atoms with Crippen LogP contribution in [0.4, 0.5) is 5.69 Å². The van der Waals surface area contributed by atoms with Crippen LogP contribution >= 0.6 is 0 Å². The van der Waals surface area contributed by atoms with E-state index in [9.17, 15) is 14.4 Å². The van der Waals surface area contributed by atoms with Crippen LogP contribution in [0.15, 0.2) is 47.1 Å². The highest BCUT2D eigenvalue weighted by molar-refractivity contribution is 6.02. The average Bonchev–Trinajstić information content (AvgIpc) is 3.18. The third kappa shape index (κ3) is 6.90. The van der Waals surface area contributed by atoms with Gasteiger partial charge in [-0.3, -0.25) is 14.4 Å². The summed E-state index contributed by atoms with van der Waals surface area (Å²) in [5.41, 5.74) is 1.14. The van der Waals surface area contributed by atoms with Gasteiger partial charge in [-0.05, 0) is 36.2 Å². The van der Waals surface area contributed by atoms with Crippen LogP contribution in [-0.2, 0) is 16.1 Å². The van der Waals surface area contributed by atoms with E-state index < -0.39 is 5.41 Å². The molecule has 0 saturated heterocycles. The molecule has 0 aliphatic rings. The van der Waals surface area contributed by atoms with Crippen LogP contribution in [-0.4, -0.2) is 24.3 Å². The first-order chi connectivity index (χ1) is 13.3. The average molecular weight is 385 g/mol. The lowest BCUT2D eigenvalue weighted by Gasteiger charge is -2.17. The first-order valence-corrected chi connectivity index (χ1v) is 9.24. The maximum absolute atomic E-state index is 11.9. The molecule has 0 saturated carbocycles. The summed E-state index contributed by atoms with van der Waals surface area (Å²) in [5.74, 6) is -0.160. The zero-order chi connectivity index (χ0) is 20.6. The molecule has 2 aromatic rings. The number of amides is 3. The van der Waals surface area contributed by atoms with Gasteiger partial charge in [0, 0.05) is 30.6 Å². The van der Waals surface area contributed by atoms with Crippen LogP contribution < -0.4 is 16.0 Å². The second-order valence-corrected chi connectivity index (χ2v) is 7.51. The molecule has 2 rings (SSSR count). The van der Waals surface area contributed by atoms with Crippen molar-refractivity contribution in [1.29, 1.82) is 0 Å². The standard InChI is InChI=1S/C21H27N3O4/c1-21(2,3)20(27)22-12-4-7-18(25)23-14-15-8-10-16(11-9-15)24-19(26)17-6-5-13-28-17/h5-6,8-11,13H,4,7,12,14H2,1-3H3,(H,22,27)(H,23,25)(H,24,26).